The molecule has 3 aliphatic carbocycles. The summed E-state index contributed by atoms with van der Waals surface area (Å²) in [4.78, 5) is 0. The lowest BCUT2D eigenvalue weighted by Gasteiger charge is -2.48. The second kappa shape index (κ2) is 6.58. The minimum atomic E-state index is -0.0778. The van der Waals surface area contributed by atoms with Crippen LogP contribution in [-0.4, -0.2) is 35.5 Å². The molecule has 32 heavy (non-hydrogen) atoms. The molecular formula is C27H26O5. The van der Waals surface area contributed by atoms with Gasteiger partial charge in [0.15, 0.2) is 11.5 Å². The molecule has 0 N–H and O–H groups in total. The molecule has 164 valence electrons. The summed E-state index contributed by atoms with van der Waals surface area (Å²) in [6.45, 7) is 0. The average Bonchev–Trinajstić information content (AvgIpc) is 3.30. The highest BCUT2D eigenvalue weighted by atomic mass is 16.5. The van der Waals surface area contributed by atoms with Crippen LogP contribution in [0.2, 0.25) is 0 Å². The van der Waals surface area contributed by atoms with Gasteiger partial charge in [0, 0.05) is 28.9 Å². The summed E-state index contributed by atoms with van der Waals surface area (Å²) < 4.78 is 28.4. The Hall–Kier alpha value is -3.34. The molecule has 5 heteroatoms. The van der Waals surface area contributed by atoms with Gasteiger partial charge < -0.3 is 23.7 Å². The summed E-state index contributed by atoms with van der Waals surface area (Å²) in [5.41, 5.74) is 7.78. The van der Waals surface area contributed by atoms with E-state index in [1.165, 1.54) is 33.4 Å². The van der Waals surface area contributed by atoms with Crippen LogP contribution in [0.5, 0.6) is 28.7 Å². The van der Waals surface area contributed by atoms with E-state index in [0.717, 1.165) is 35.2 Å². The van der Waals surface area contributed by atoms with Crippen molar-refractivity contribution < 1.29 is 23.7 Å². The zero-order chi connectivity index (χ0) is 22.2. The number of ether oxygens (including phenoxy) is 5. The Morgan fingerprint density at radius 2 is 1.34 bits per heavy atom. The Morgan fingerprint density at radius 3 is 2.03 bits per heavy atom. The first-order valence-electron chi connectivity index (χ1n) is 10.8. The molecule has 0 saturated heterocycles. The molecule has 6 rings (SSSR count). The van der Waals surface area contributed by atoms with Crippen LogP contribution < -0.4 is 23.7 Å². The molecule has 0 fully saturated rings. The number of hydrogen-bond donors (Lipinski definition) is 0. The number of hydrogen-bond acceptors (Lipinski definition) is 5. The molecule has 0 amide bonds. The number of methoxy groups -OCH3 is 5. The monoisotopic (exact) mass is 430 g/mol. The Morgan fingerprint density at radius 1 is 0.625 bits per heavy atom. The molecule has 3 aromatic carbocycles. The molecule has 3 aromatic rings. The number of benzene rings is 3. The highest BCUT2D eigenvalue weighted by Crippen LogP contribution is 2.75. The molecule has 3 unspecified atom stereocenters. The minimum Gasteiger partial charge on any atom is -0.497 e. The van der Waals surface area contributed by atoms with Gasteiger partial charge in [-0.3, -0.25) is 0 Å². The van der Waals surface area contributed by atoms with Crippen molar-refractivity contribution >= 4 is 0 Å². The lowest BCUT2D eigenvalue weighted by atomic mass is 9.53. The molecule has 0 bridgehead atoms. The van der Waals surface area contributed by atoms with Crippen LogP contribution in [0.3, 0.4) is 0 Å². The third kappa shape index (κ3) is 2.14. The summed E-state index contributed by atoms with van der Waals surface area (Å²) >= 11 is 0. The Bertz CT molecular complexity index is 1260. The summed E-state index contributed by atoms with van der Waals surface area (Å²) in [6.07, 6.45) is 0.942. The molecule has 0 aromatic heterocycles. The predicted molar refractivity (Wildman–Crippen MR) is 121 cm³/mol. The minimum absolute atomic E-state index is 0.0778. The Balaban J connectivity index is 1.66. The molecule has 0 radical (unpaired) electrons. The van der Waals surface area contributed by atoms with Gasteiger partial charge in [0.05, 0.1) is 35.5 Å². The Kier molecular flexibility index (Phi) is 3.98. The first-order chi connectivity index (χ1) is 15.6. The van der Waals surface area contributed by atoms with E-state index in [1.807, 2.05) is 6.07 Å². The van der Waals surface area contributed by atoms with E-state index in [4.69, 9.17) is 23.7 Å². The van der Waals surface area contributed by atoms with Gasteiger partial charge in [0.1, 0.15) is 17.2 Å². The van der Waals surface area contributed by atoms with Gasteiger partial charge >= 0.3 is 0 Å². The van der Waals surface area contributed by atoms with Crippen LogP contribution in [0.25, 0.3) is 0 Å². The molecular weight excluding hydrogens is 404 g/mol. The van der Waals surface area contributed by atoms with Crippen LogP contribution in [0.1, 0.15) is 45.2 Å². The van der Waals surface area contributed by atoms with Crippen molar-refractivity contribution in [2.75, 3.05) is 35.5 Å². The normalized spacial score (nSPS) is 23.2. The summed E-state index contributed by atoms with van der Waals surface area (Å²) in [6, 6.07) is 15.0. The smallest absolute Gasteiger partial charge is 0.161 e. The lowest BCUT2D eigenvalue weighted by Crippen LogP contribution is -2.43. The zero-order valence-electron chi connectivity index (χ0n) is 18.9. The van der Waals surface area contributed by atoms with E-state index in [0.29, 0.717) is 0 Å². The van der Waals surface area contributed by atoms with E-state index < -0.39 is 0 Å². The molecule has 0 saturated carbocycles. The first-order valence-corrected chi connectivity index (χ1v) is 10.8. The first kappa shape index (κ1) is 19.4. The van der Waals surface area contributed by atoms with Gasteiger partial charge in [-0.2, -0.15) is 0 Å². The van der Waals surface area contributed by atoms with Crippen molar-refractivity contribution in [3.05, 3.63) is 75.8 Å². The van der Waals surface area contributed by atoms with Gasteiger partial charge in [0.25, 0.3) is 0 Å². The van der Waals surface area contributed by atoms with E-state index in [-0.39, 0.29) is 17.3 Å². The largest absolute Gasteiger partial charge is 0.497 e. The van der Waals surface area contributed by atoms with Gasteiger partial charge in [-0.15, -0.1) is 0 Å². The molecule has 3 aliphatic rings. The van der Waals surface area contributed by atoms with E-state index >= 15 is 0 Å². The fraction of sp³-hybridized carbons (Fsp3) is 0.333. The van der Waals surface area contributed by atoms with Crippen molar-refractivity contribution in [2.45, 2.75) is 23.7 Å². The van der Waals surface area contributed by atoms with Crippen LogP contribution >= 0.6 is 0 Å². The molecule has 3 atom stereocenters. The highest BCUT2D eigenvalue weighted by Gasteiger charge is 2.66. The summed E-state index contributed by atoms with van der Waals surface area (Å²) in [5, 5.41) is 0. The van der Waals surface area contributed by atoms with Crippen molar-refractivity contribution in [3.8, 4) is 28.7 Å². The highest BCUT2D eigenvalue weighted by molar-refractivity contribution is 5.76. The van der Waals surface area contributed by atoms with Gasteiger partial charge in [-0.05, 0) is 64.6 Å². The fourth-order valence-electron chi connectivity index (χ4n) is 6.56. The second-order valence-electron chi connectivity index (χ2n) is 8.77. The maximum absolute atomic E-state index is 5.90. The molecule has 5 nitrogen and oxygen atoms in total. The lowest BCUT2D eigenvalue weighted by molar-refractivity contribution is 0.314. The van der Waals surface area contributed by atoms with Gasteiger partial charge in [-0.25, -0.2) is 0 Å². The molecule has 1 spiro atoms. The van der Waals surface area contributed by atoms with Crippen molar-refractivity contribution in [3.63, 3.8) is 0 Å². The van der Waals surface area contributed by atoms with E-state index in [2.05, 4.69) is 36.4 Å². The number of fused-ring (bicyclic) bond motifs is 7. The molecule has 0 aliphatic heterocycles. The van der Waals surface area contributed by atoms with Crippen LogP contribution in [0.4, 0.5) is 0 Å². The van der Waals surface area contributed by atoms with Crippen molar-refractivity contribution in [1.82, 2.24) is 0 Å². The zero-order valence-corrected chi connectivity index (χ0v) is 18.9. The van der Waals surface area contributed by atoms with Crippen LogP contribution in [0, 0.1) is 0 Å². The van der Waals surface area contributed by atoms with Crippen molar-refractivity contribution in [1.29, 1.82) is 0 Å². The SMILES string of the molecule is COc1ccc2c(c1)CC13c4cc(OC)c(OC)cc4C1c1c(OC)cc(OC)cc1C23. The van der Waals surface area contributed by atoms with Gasteiger partial charge in [0.2, 0.25) is 0 Å². The summed E-state index contributed by atoms with van der Waals surface area (Å²) in [7, 11) is 8.55. The quantitative estimate of drug-likeness (QED) is 0.581. The average molecular weight is 431 g/mol. The second-order valence-corrected chi connectivity index (χ2v) is 8.77. The summed E-state index contributed by atoms with van der Waals surface area (Å²) in [5.74, 6) is 4.57. The third-order valence-electron chi connectivity index (χ3n) is 7.75. The van der Waals surface area contributed by atoms with Crippen molar-refractivity contribution in [2.24, 2.45) is 0 Å². The standard InChI is InChI=1S/C27H26O5/c1-28-15-6-7-17-14(8-15)13-27-20-12-22(31-4)21(30-3)11-18(20)26(27)24-19(25(17)27)9-16(29-2)10-23(24)32-5/h6-12,25-26H,13H2,1-5H3. The van der Waals surface area contributed by atoms with E-state index in [1.54, 1.807) is 35.5 Å². The van der Waals surface area contributed by atoms with E-state index in [9.17, 15) is 0 Å². The Labute approximate surface area is 187 Å². The maximum Gasteiger partial charge on any atom is 0.161 e. The van der Waals surface area contributed by atoms with Crippen LogP contribution in [0.15, 0.2) is 42.5 Å². The topological polar surface area (TPSA) is 46.2 Å². The van der Waals surface area contributed by atoms with Gasteiger partial charge in [-0.1, -0.05) is 6.07 Å². The number of rotatable bonds is 5. The third-order valence-corrected chi connectivity index (χ3v) is 7.75. The fourth-order valence-corrected chi connectivity index (χ4v) is 6.56. The predicted octanol–water partition coefficient (Wildman–Crippen LogP) is 4.81. The maximum atomic E-state index is 5.90. The van der Waals surface area contributed by atoms with Crippen LogP contribution in [-0.2, 0) is 11.8 Å². The molecule has 0 heterocycles.